The number of amides is 2. The number of benzene rings is 2. The molecule has 1 saturated carbocycles. The van der Waals surface area contributed by atoms with Crippen molar-refractivity contribution < 1.29 is 19.2 Å². The molecule has 51 heavy (non-hydrogen) atoms. The van der Waals surface area contributed by atoms with Crippen molar-refractivity contribution in [2.24, 2.45) is 4.99 Å². The van der Waals surface area contributed by atoms with Gasteiger partial charge in [0.2, 0.25) is 0 Å². The Balaban J connectivity index is 0.983. The number of rotatable bonds is 11. The monoisotopic (exact) mass is 722 g/mol. The smallest absolute Gasteiger partial charge is 0.264 e. The Hall–Kier alpha value is -4.74. The van der Waals surface area contributed by atoms with Gasteiger partial charge in [-0.3, -0.25) is 33.6 Å². The van der Waals surface area contributed by atoms with Crippen LogP contribution in [0.25, 0.3) is 5.00 Å². The molecule has 1 unspecified atom stereocenters. The van der Waals surface area contributed by atoms with Crippen LogP contribution in [0.1, 0.15) is 111 Å². The minimum Gasteiger partial charge on any atom is -0.384 e. The standard InChI is InChI=1S/C39H39ClN6O4S/c1-21-12-17-31(32(48)19-21)46-37(49)28-10-8-11-29(34(28)38(46)50)41-18-7-5-6-9-27(47)20-30-36-44-43-24(4)45(36)39-33(22(2)23(3)51-39)35(42-30)25-13-15-26(40)16-14-25/h8,10-11,13-16,30-31,41H,1,5-7,9,12,17-20H2,2-4H3/t30-,31?/m0/s1. The SMILES string of the molecule is C=C1CCC(N2C(=O)c3cccc(NCCCCCC(=O)C[C@@H]4N=C(c5ccc(Cl)cc5)c5c(sc(C)c5C)-n5c(C)nnc54)c3C2=O)C(=O)C1. The number of unbranched alkanes of at least 4 members (excludes halogenated alkanes) is 2. The Morgan fingerprint density at radius 3 is 2.55 bits per heavy atom. The molecular formula is C39H39ClN6O4S. The average molecular weight is 723 g/mol. The number of halogens is 1. The lowest BCUT2D eigenvalue weighted by Crippen LogP contribution is -2.46. The first-order valence-electron chi connectivity index (χ1n) is 17.4. The fourth-order valence-electron chi connectivity index (χ4n) is 7.26. The number of Topliss-reactive ketones (excluding diaryl/α,β-unsaturated/α-hetero) is 2. The Labute approximate surface area is 305 Å². The zero-order valence-corrected chi connectivity index (χ0v) is 30.5. The molecule has 1 N–H and O–H groups in total. The number of imide groups is 1. The van der Waals surface area contributed by atoms with Crippen molar-refractivity contribution in [3.05, 3.63) is 104 Å². The molecule has 1 fully saturated rings. The van der Waals surface area contributed by atoms with E-state index < -0.39 is 23.9 Å². The van der Waals surface area contributed by atoms with Gasteiger partial charge in [-0.05, 0) is 76.3 Å². The molecule has 7 rings (SSSR count). The number of allylic oxidation sites excluding steroid dienone is 1. The first-order valence-corrected chi connectivity index (χ1v) is 18.5. The van der Waals surface area contributed by atoms with Crippen LogP contribution in [-0.4, -0.2) is 61.3 Å². The van der Waals surface area contributed by atoms with Crippen molar-refractivity contribution in [3.8, 4) is 5.00 Å². The third-order valence-corrected chi connectivity index (χ3v) is 11.5. The van der Waals surface area contributed by atoms with E-state index >= 15 is 0 Å². The molecule has 0 radical (unpaired) electrons. The molecule has 2 atom stereocenters. The fraction of sp³-hybridized carbons (Fsp3) is 0.359. The second-order valence-corrected chi connectivity index (χ2v) is 15.2. The number of aryl methyl sites for hydroxylation is 2. The Morgan fingerprint density at radius 2 is 1.78 bits per heavy atom. The number of nitrogens with zero attached hydrogens (tertiary/aromatic N) is 5. The average Bonchev–Trinajstić information content (AvgIpc) is 3.68. The lowest BCUT2D eigenvalue weighted by Gasteiger charge is -2.29. The van der Waals surface area contributed by atoms with Gasteiger partial charge in [-0.15, -0.1) is 21.5 Å². The maximum atomic E-state index is 13.5. The second kappa shape index (κ2) is 14.1. The van der Waals surface area contributed by atoms with Gasteiger partial charge in [0.05, 0.1) is 22.9 Å². The first-order chi connectivity index (χ1) is 24.5. The summed E-state index contributed by atoms with van der Waals surface area (Å²) in [7, 11) is 0. The number of carbonyl (C=O) groups is 4. The van der Waals surface area contributed by atoms with Crippen molar-refractivity contribution >= 4 is 57.7 Å². The normalized spacial score (nSPS) is 18.4. The summed E-state index contributed by atoms with van der Waals surface area (Å²) in [4.78, 5) is 60.4. The lowest BCUT2D eigenvalue weighted by atomic mass is 9.89. The highest BCUT2D eigenvalue weighted by atomic mass is 35.5. The molecule has 1 aliphatic carbocycles. The Bertz CT molecular complexity index is 2130. The number of aromatic nitrogens is 3. The molecule has 4 aromatic rings. The van der Waals surface area contributed by atoms with E-state index in [1.54, 1.807) is 29.5 Å². The molecule has 2 aromatic carbocycles. The number of nitrogens with one attached hydrogen (secondary N) is 1. The third-order valence-electron chi connectivity index (χ3n) is 10.1. The number of hydrogen-bond acceptors (Lipinski definition) is 9. The Kier molecular flexibility index (Phi) is 9.60. The third kappa shape index (κ3) is 6.49. The van der Waals surface area contributed by atoms with Crippen LogP contribution >= 0.6 is 22.9 Å². The molecule has 0 bridgehead atoms. The topological polar surface area (TPSA) is 127 Å². The van der Waals surface area contributed by atoms with Gasteiger partial charge in [0.25, 0.3) is 11.8 Å². The van der Waals surface area contributed by atoms with Crippen LogP contribution in [0.2, 0.25) is 5.02 Å². The zero-order chi connectivity index (χ0) is 36.0. The number of thiophene rings is 1. The minimum atomic E-state index is -0.748. The minimum absolute atomic E-state index is 0.100. The maximum absolute atomic E-state index is 13.5. The maximum Gasteiger partial charge on any atom is 0.264 e. The highest BCUT2D eigenvalue weighted by Gasteiger charge is 2.44. The van der Waals surface area contributed by atoms with E-state index in [2.05, 4.69) is 40.5 Å². The highest BCUT2D eigenvalue weighted by molar-refractivity contribution is 7.15. The molecule has 12 heteroatoms. The van der Waals surface area contributed by atoms with E-state index in [0.717, 1.165) is 56.5 Å². The van der Waals surface area contributed by atoms with Crippen molar-refractivity contribution in [2.45, 2.75) is 84.2 Å². The predicted octanol–water partition coefficient (Wildman–Crippen LogP) is 7.71. The summed E-state index contributed by atoms with van der Waals surface area (Å²) in [5, 5.41) is 13.9. The van der Waals surface area contributed by atoms with E-state index in [0.29, 0.717) is 59.9 Å². The van der Waals surface area contributed by atoms with Crippen LogP contribution < -0.4 is 5.32 Å². The van der Waals surface area contributed by atoms with Crippen molar-refractivity contribution in [2.75, 3.05) is 11.9 Å². The first kappa shape index (κ1) is 34.7. The summed E-state index contributed by atoms with van der Waals surface area (Å²) in [6.45, 7) is 10.6. The van der Waals surface area contributed by atoms with Gasteiger partial charge < -0.3 is 5.32 Å². The molecule has 0 spiro atoms. The van der Waals surface area contributed by atoms with Gasteiger partial charge in [0.1, 0.15) is 22.7 Å². The van der Waals surface area contributed by atoms with Gasteiger partial charge in [-0.1, -0.05) is 48.4 Å². The Morgan fingerprint density at radius 1 is 1.00 bits per heavy atom. The fourth-order valence-corrected chi connectivity index (χ4v) is 8.60. The molecule has 3 aliphatic rings. The van der Waals surface area contributed by atoms with Gasteiger partial charge in [-0.2, -0.15) is 0 Å². The van der Waals surface area contributed by atoms with Crippen molar-refractivity contribution in [1.29, 1.82) is 0 Å². The largest absolute Gasteiger partial charge is 0.384 e. The van der Waals surface area contributed by atoms with E-state index in [4.69, 9.17) is 16.6 Å². The van der Waals surface area contributed by atoms with E-state index in [9.17, 15) is 19.2 Å². The van der Waals surface area contributed by atoms with Crippen LogP contribution in [-0.2, 0) is 9.59 Å². The summed E-state index contributed by atoms with van der Waals surface area (Å²) < 4.78 is 2.05. The number of carbonyl (C=O) groups excluding carboxylic acids is 4. The summed E-state index contributed by atoms with van der Waals surface area (Å²) in [5.74, 6) is 0.523. The van der Waals surface area contributed by atoms with E-state index in [1.165, 1.54) is 4.88 Å². The van der Waals surface area contributed by atoms with E-state index in [1.807, 2.05) is 31.2 Å². The number of fused-ring (bicyclic) bond motifs is 4. The van der Waals surface area contributed by atoms with Gasteiger partial charge in [0, 0.05) is 52.5 Å². The number of hydrogen-bond donors (Lipinski definition) is 1. The molecular weight excluding hydrogens is 684 g/mol. The van der Waals surface area contributed by atoms with E-state index in [-0.39, 0.29) is 24.4 Å². The van der Waals surface area contributed by atoms with Crippen LogP contribution in [0, 0.1) is 20.8 Å². The molecule has 2 aromatic heterocycles. The van der Waals surface area contributed by atoms with Gasteiger partial charge >= 0.3 is 0 Å². The molecule has 2 amide bonds. The summed E-state index contributed by atoms with van der Waals surface area (Å²) in [6, 6.07) is 11.6. The number of aliphatic imine (C=N–C) groups is 1. The predicted molar refractivity (Wildman–Crippen MR) is 199 cm³/mol. The van der Waals surface area contributed by atoms with Crippen LogP contribution in [0.15, 0.2) is 59.6 Å². The lowest BCUT2D eigenvalue weighted by molar-refractivity contribution is -0.123. The molecule has 10 nitrogen and oxygen atoms in total. The number of ketones is 2. The van der Waals surface area contributed by atoms with Crippen LogP contribution in [0.5, 0.6) is 0 Å². The van der Waals surface area contributed by atoms with Gasteiger partial charge in [-0.25, -0.2) is 0 Å². The van der Waals surface area contributed by atoms with Crippen molar-refractivity contribution in [3.63, 3.8) is 0 Å². The molecule has 262 valence electrons. The summed E-state index contributed by atoms with van der Waals surface area (Å²) in [6.07, 6.45) is 4.09. The molecule has 0 saturated heterocycles. The summed E-state index contributed by atoms with van der Waals surface area (Å²) >= 11 is 7.91. The second-order valence-electron chi connectivity index (χ2n) is 13.5. The van der Waals surface area contributed by atoms with Crippen LogP contribution in [0.3, 0.4) is 0 Å². The summed E-state index contributed by atoms with van der Waals surface area (Å²) in [5.41, 5.74) is 5.98. The number of anilines is 1. The van der Waals surface area contributed by atoms with Gasteiger partial charge in [0.15, 0.2) is 11.6 Å². The van der Waals surface area contributed by atoms with Crippen LogP contribution in [0.4, 0.5) is 5.69 Å². The molecule has 4 heterocycles. The highest BCUT2D eigenvalue weighted by Crippen LogP contribution is 2.40. The zero-order valence-electron chi connectivity index (χ0n) is 28.9. The molecule has 2 aliphatic heterocycles. The van der Waals surface area contributed by atoms with Crippen molar-refractivity contribution in [1.82, 2.24) is 19.7 Å². The quantitative estimate of drug-likeness (QED) is 0.0955.